The molecule has 0 spiro atoms. The minimum atomic E-state index is -0.476. The maximum absolute atomic E-state index is 13.7. The van der Waals surface area contributed by atoms with Crippen LogP contribution in [0.2, 0.25) is 5.15 Å². The van der Waals surface area contributed by atoms with Crippen molar-refractivity contribution in [2.45, 2.75) is 13.8 Å². The smallest absolute Gasteiger partial charge is 0.255 e. The van der Waals surface area contributed by atoms with Gasteiger partial charge >= 0.3 is 0 Å². The van der Waals surface area contributed by atoms with Crippen molar-refractivity contribution in [3.63, 3.8) is 0 Å². The summed E-state index contributed by atoms with van der Waals surface area (Å²) in [6.07, 6.45) is 0. The molecule has 1 amide bonds. The van der Waals surface area contributed by atoms with Crippen molar-refractivity contribution in [3.8, 4) is 0 Å². The number of amides is 1. The van der Waals surface area contributed by atoms with Crippen LogP contribution < -0.4 is 10.6 Å². The molecule has 21 heavy (non-hydrogen) atoms. The number of carbonyl (C=O) groups is 1. The van der Waals surface area contributed by atoms with E-state index in [1.165, 1.54) is 18.2 Å². The maximum atomic E-state index is 13.7. The third-order valence-electron chi connectivity index (χ3n) is 2.79. The largest absolute Gasteiger partial charge is 0.370 e. The number of hydrogen-bond donors (Lipinski definition) is 2. The number of benzene rings is 1. The fraction of sp³-hybridized carbons (Fsp3) is 0.200. The first kappa shape index (κ1) is 15.3. The molecule has 0 aliphatic rings. The molecule has 0 atom stereocenters. The zero-order valence-corrected chi connectivity index (χ0v) is 12.5. The first-order valence-corrected chi connectivity index (χ1v) is 6.86. The predicted octanol–water partition coefficient (Wildman–Crippen LogP) is 3.87. The van der Waals surface area contributed by atoms with E-state index < -0.39 is 11.7 Å². The third kappa shape index (κ3) is 3.92. The molecule has 0 aliphatic heterocycles. The molecule has 0 saturated carbocycles. The lowest BCUT2D eigenvalue weighted by Gasteiger charge is -2.09. The summed E-state index contributed by atoms with van der Waals surface area (Å²) >= 11 is 5.88. The molecule has 6 heteroatoms. The number of nitrogens with zero attached hydrogens (tertiary/aromatic N) is 1. The molecule has 4 nitrogen and oxygen atoms in total. The van der Waals surface area contributed by atoms with Crippen molar-refractivity contribution in [1.29, 1.82) is 0 Å². The quantitative estimate of drug-likeness (QED) is 0.843. The summed E-state index contributed by atoms with van der Waals surface area (Å²) in [5, 5.41) is 5.70. The van der Waals surface area contributed by atoms with Crippen LogP contribution in [0.25, 0.3) is 0 Å². The summed E-state index contributed by atoms with van der Waals surface area (Å²) in [6, 6.07) is 7.61. The van der Waals surface area contributed by atoms with Gasteiger partial charge in [0, 0.05) is 12.1 Å². The van der Waals surface area contributed by atoms with E-state index in [1.807, 2.05) is 6.92 Å². The van der Waals surface area contributed by atoms with E-state index >= 15 is 0 Å². The number of anilines is 2. The SMILES string of the molecule is CCNc1cc(C(=O)Nc2ccc(C)cc2F)cc(Cl)n1. The third-order valence-corrected chi connectivity index (χ3v) is 2.98. The lowest BCUT2D eigenvalue weighted by atomic mass is 10.2. The fourth-order valence-electron chi connectivity index (χ4n) is 1.82. The predicted molar refractivity (Wildman–Crippen MR) is 82.5 cm³/mol. The lowest BCUT2D eigenvalue weighted by molar-refractivity contribution is 0.102. The van der Waals surface area contributed by atoms with Gasteiger partial charge in [0.1, 0.15) is 16.8 Å². The van der Waals surface area contributed by atoms with Crippen molar-refractivity contribution in [3.05, 3.63) is 52.4 Å². The summed E-state index contributed by atoms with van der Waals surface area (Å²) in [7, 11) is 0. The monoisotopic (exact) mass is 307 g/mol. The highest BCUT2D eigenvalue weighted by Crippen LogP contribution is 2.19. The molecule has 0 radical (unpaired) electrons. The number of carbonyl (C=O) groups excluding carboxylic acids is 1. The van der Waals surface area contributed by atoms with E-state index in [-0.39, 0.29) is 10.8 Å². The normalized spacial score (nSPS) is 10.3. The summed E-state index contributed by atoms with van der Waals surface area (Å²) < 4.78 is 13.7. The van der Waals surface area contributed by atoms with Gasteiger partial charge < -0.3 is 10.6 Å². The average molecular weight is 308 g/mol. The second-order valence-electron chi connectivity index (χ2n) is 4.53. The molecule has 1 aromatic carbocycles. The summed E-state index contributed by atoms with van der Waals surface area (Å²) in [6.45, 7) is 4.34. The van der Waals surface area contributed by atoms with Gasteiger partial charge in [0.25, 0.3) is 5.91 Å². The van der Waals surface area contributed by atoms with E-state index in [1.54, 1.807) is 19.1 Å². The number of hydrogen-bond acceptors (Lipinski definition) is 3. The Morgan fingerprint density at radius 3 is 2.76 bits per heavy atom. The number of halogens is 2. The van der Waals surface area contributed by atoms with Crippen LogP contribution in [0.15, 0.2) is 30.3 Å². The Balaban J connectivity index is 2.23. The Hall–Kier alpha value is -2.14. The van der Waals surface area contributed by atoms with Crippen molar-refractivity contribution in [1.82, 2.24) is 4.98 Å². The van der Waals surface area contributed by atoms with Gasteiger partial charge in [-0.3, -0.25) is 4.79 Å². The average Bonchev–Trinajstić information content (AvgIpc) is 2.41. The van der Waals surface area contributed by atoms with Crippen LogP contribution in [0.3, 0.4) is 0 Å². The van der Waals surface area contributed by atoms with E-state index in [2.05, 4.69) is 15.6 Å². The molecule has 1 heterocycles. The Morgan fingerprint density at radius 1 is 1.33 bits per heavy atom. The molecule has 2 aromatic rings. The van der Waals surface area contributed by atoms with Gasteiger partial charge in [-0.1, -0.05) is 17.7 Å². The van der Waals surface area contributed by atoms with Crippen LogP contribution in [0.5, 0.6) is 0 Å². The molecule has 0 fully saturated rings. The number of nitrogens with one attached hydrogen (secondary N) is 2. The first-order chi connectivity index (χ1) is 9.99. The Bertz CT molecular complexity index is 676. The van der Waals surface area contributed by atoms with Crippen LogP contribution >= 0.6 is 11.6 Å². The lowest BCUT2D eigenvalue weighted by Crippen LogP contribution is -2.14. The molecule has 110 valence electrons. The van der Waals surface area contributed by atoms with Crippen LogP contribution in [-0.2, 0) is 0 Å². The molecule has 0 saturated heterocycles. The van der Waals surface area contributed by atoms with Gasteiger partial charge in [0.05, 0.1) is 5.69 Å². The highest BCUT2D eigenvalue weighted by atomic mass is 35.5. The summed E-state index contributed by atoms with van der Waals surface area (Å²) in [5.74, 6) is -0.420. The molecule has 0 unspecified atom stereocenters. The molecule has 0 aliphatic carbocycles. The van der Waals surface area contributed by atoms with E-state index in [9.17, 15) is 9.18 Å². The van der Waals surface area contributed by atoms with Crippen molar-refractivity contribution >= 4 is 29.0 Å². The maximum Gasteiger partial charge on any atom is 0.255 e. The zero-order chi connectivity index (χ0) is 15.4. The van der Waals surface area contributed by atoms with Gasteiger partial charge in [0.15, 0.2) is 0 Å². The molecular weight excluding hydrogens is 293 g/mol. The topological polar surface area (TPSA) is 54.0 Å². The van der Waals surface area contributed by atoms with Crippen molar-refractivity contribution in [2.75, 3.05) is 17.2 Å². The minimum Gasteiger partial charge on any atom is -0.370 e. The van der Waals surface area contributed by atoms with Gasteiger partial charge in [-0.25, -0.2) is 9.37 Å². The Labute approximate surface area is 127 Å². The minimum absolute atomic E-state index is 0.128. The van der Waals surface area contributed by atoms with E-state index in [0.717, 1.165) is 5.56 Å². The van der Waals surface area contributed by atoms with E-state index in [4.69, 9.17) is 11.6 Å². The van der Waals surface area contributed by atoms with Crippen molar-refractivity contribution < 1.29 is 9.18 Å². The van der Waals surface area contributed by atoms with Crippen molar-refractivity contribution in [2.24, 2.45) is 0 Å². The fourth-order valence-corrected chi connectivity index (χ4v) is 2.02. The second kappa shape index (κ2) is 6.54. The highest BCUT2D eigenvalue weighted by Gasteiger charge is 2.12. The second-order valence-corrected chi connectivity index (χ2v) is 4.92. The Kier molecular flexibility index (Phi) is 4.75. The van der Waals surface area contributed by atoms with Gasteiger partial charge in [0.2, 0.25) is 0 Å². The standard InChI is InChI=1S/C15H15ClFN3O/c1-3-18-14-8-10(7-13(16)20-14)15(21)19-12-5-4-9(2)6-11(12)17/h4-8H,3H2,1-2H3,(H,18,20)(H,19,21). The first-order valence-electron chi connectivity index (χ1n) is 6.48. The number of aromatic nitrogens is 1. The zero-order valence-electron chi connectivity index (χ0n) is 11.7. The van der Waals surface area contributed by atoms with Crippen LogP contribution in [0.1, 0.15) is 22.8 Å². The molecule has 1 aromatic heterocycles. The van der Waals surface area contributed by atoms with Crippen LogP contribution in [0.4, 0.5) is 15.9 Å². The van der Waals surface area contributed by atoms with Crippen LogP contribution in [-0.4, -0.2) is 17.4 Å². The Morgan fingerprint density at radius 2 is 2.10 bits per heavy atom. The molecule has 2 N–H and O–H groups in total. The molecular formula is C15H15ClFN3O. The highest BCUT2D eigenvalue weighted by molar-refractivity contribution is 6.30. The van der Waals surface area contributed by atoms with E-state index in [0.29, 0.717) is 17.9 Å². The van der Waals surface area contributed by atoms with Gasteiger partial charge in [-0.15, -0.1) is 0 Å². The van der Waals surface area contributed by atoms with Gasteiger partial charge in [-0.2, -0.15) is 0 Å². The number of aryl methyl sites for hydroxylation is 1. The van der Waals surface area contributed by atoms with Crippen LogP contribution in [0, 0.1) is 12.7 Å². The summed E-state index contributed by atoms with van der Waals surface area (Å²) in [5.41, 5.74) is 1.22. The summed E-state index contributed by atoms with van der Waals surface area (Å²) in [4.78, 5) is 16.2. The molecule has 2 rings (SSSR count). The van der Waals surface area contributed by atoms with Gasteiger partial charge in [-0.05, 0) is 43.7 Å². The number of rotatable bonds is 4. The number of pyridine rings is 1. The molecule has 0 bridgehead atoms.